The van der Waals surface area contributed by atoms with Crippen LogP contribution in [0.3, 0.4) is 0 Å². The average molecular weight is 615 g/mol. The largest absolute Gasteiger partial charge is 0.458 e. The van der Waals surface area contributed by atoms with Crippen molar-refractivity contribution in [3.05, 3.63) is 175 Å². The van der Waals surface area contributed by atoms with Gasteiger partial charge in [0.2, 0.25) is 0 Å². The first-order valence-electron chi connectivity index (χ1n) is 16.8. The van der Waals surface area contributed by atoms with Gasteiger partial charge in [0.25, 0.3) is 6.71 Å². The van der Waals surface area contributed by atoms with Gasteiger partial charge < -0.3 is 9.30 Å². The predicted octanol–water partition coefficient (Wildman–Crippen LogP) is 8.55. The van der Waals surface area contributed by atoms with E-state index in [0.717, 1.165) is 40.9 Å². The van der Waals surface area contributed by atoms with Crippen molar-refractivity contribution in [2.45, 2.75) is 18.8 Å². The monoisotopic (exact) mass is 614 g/mol. The first-order valence-corrected chi connectivity index (χ1v) is 16.8. The van der Waals surface area contributed by atoms with E-state index in [9.17, 15) is 0 Å². The van der Waals surface area contributed by atoms with Crippen LogP contribution in [0.5, 0.6) is 11.5 Å². The Morgan fingerprint density at radius 1 is 0.667 bits per heavy atom. The molecule has 0 fully saturated rings. The molecule has 0 bridgehead atoms. The highest BCUT2D eigenvalue weighted by Gasteiger charge is 2.33. The zero-order valence-electron chi connectivity index (χ0n) is 26.4. The van der Waals surface area contributed by atoms with Crippen molar-refractivity contribution in [2.24, 2.45) is 0 Å². The van der Waals surface area contributed by atoms with Crippen molar-refractivity contribution < 1.29 is 4.74 Å². The molecule has 6 aromatic carbocycles. The zero-order valence-corrected chi connectivity index (χ0v) is 26.4. The number of rotatable bonds is 3. The lowest BCUT2D eigenvalue weighted by atomic mass is 9.36. The number of para-hydroxylation sites is 1. The number of aromatic nitrogens is 2. The summed E-state index contributed by atoms with van der Waals surface area (Å²) >= 11 is 0. The Labute approximate surface area is 280 Å². The van der Waals surface area contributed by atoms with E-state index in [1.165, 1.54) is 55.1 Å². The van der Waals surface area contributed by atoms with E-state index < -0.39 is 0 Å². The number of hydrogen-bond acceptors (Lipinski definition) is 2. The molecule has 4 heteroatoms. The zero-order chi connectivity index (χ0) is 31.6. The van der Waals surface area contributed by atoms with Gasteiger partial charge in [-0.25, -0.2) is 0 Å². The molecular formula is C44H31BN2O. The van der Waals surface area contributed by atoms with Gasteiger partial charge in [0, 0.05) is 46.4 Å². The lowest BCUT2D eigenvalue weighted by Crippen LogP contribution is -2.54. The SMILES string of the molecule is c1ccc(B2c3ccccc3Oc3cc(-n4c5ccncc5c5ccc6c(c54)-c4ccccc4C(c4ccccc4)CC6)ccc32)cc1. The number of benzene rings is 6. The Bertz CT molecular complexity index is 2500. The Morgan fingerprint density at radius 2 is 1.44 bits per heavy atom. The summed E-state index contributed by atoms with van der Waals surface area (Å²) in [6, 6.07) is 52.9. The number of hydrogen-bond donors (Lipinski definition) is 0. The minimum absolute atomic E-state index is 0.0978. The fourth-order valence-corrected chi connectivity index (χ4v) is 8.38. The molecule has 1 aliphatic carbocycles. The fraction of sp³-hybridized carbons (Fsp3) is 0.0682. The van der Waals surface area contributed by atoms with E-state index in [4.69, 9.17) is 4.74 Å². The number of pyridine rings is 1. The van der Waals surface area contributed by atoms with Crippen molar-refractivity contribution in [3.8, 4) is 28.3 Å². The van der Waals surface area contributed by atoms with Crippen LogP contribution in [-0.4, -0.2) is 16.3 Å². The molecule has 226 valence electrons. The van der Waals surface area contributed by atoms with Crippen molar-refractivity contribution in [3.63, 3.8) is 0 Å². The molecule has 0 radical (unpaired) electrons. The van der Waals surface area contributed by atoms with Gasteiger partial charge in [-0.15, -0.1) is 0 Å². The third-order valence-electron chi connectivity index (χ3n) is 10.5. The molecule has 48 heavy (non-hydrogen) atoms. The van der Waals surface area contributed by atoms with E-state index in [-0.39, 0.29) is 6.71 Å². The second kappa shape index (κ2) is 10.9. The van der Waals surface area contributed by atoms with Crippen molar-refractivity contribution in [1.82, 2.24) is 9.55 Å². The topological polar surface area (TPSA) is 27.1 Å². The summed E-state index contributed by atoms with van der Waals surface area (Å²) in [6.07, 6.45) is 6.00. The van der Waals surface area contributed by atoms with Gasteiger partial charge in [0.05, 0.1) is 11.0 Å². The van der Waals surface area contributed by atoms with Crippen LogP contribution < -0.4 is 21.1 Å². The molecule has 1 aliphatic heterocycles. The van der Waals surface area contributed by atoms with Crippen LogP contribution in [0.25, 0.3) is 38.6 Å². The normalized spacial score (nSPS) is 14.8. The highest BCUT2D eigenvalue weighted by Crippen LogP contribution is 2.47. The maximum Gasteiger partial charge on any atom is 0.250 e. The lowest BCUT2D eigenvalue weighted by Gasteiger charge is -2.27. The van der Waals surface area contributed by atoms with Crippen LogP contribution >= 0.6 is 0 Å². The van der Waals surface area contributed by atoms with Crippen LogP contribution in [0.2, 0.25) is 0 Å². The number of aryl methyl sites for hydroxylation is 1. The Balaban J connectivity index is 1.23. The Kier molecular flexibility index (Phi) is 6.17. The molecule has 0 saturated heterocycles. The quantitative estimate of drug-likeness (QED) is 0.187. The molecule has 3 heterocycles. The molecular weight excluding hydrogens is 583 g/mol. The van der Waals surface area contributed by atoms with Gasteiger partial charge in [-0.3, -0.25) is 4.98 Å². The van der Waals surface area contributed by atoms with Crippen LogP contribution in [0.1, 0.15) is 29.0 Å². The molecule has 2 aromatic heterocycles. The summed E-state index contributed by atoms with van der Waals surface area (Å²) < 4.78 is 9.17. The van der Waals surface area contributed by atoms with Gasteiger partial charge in [-0.1, -0.05) is 127 Å². The summed E-state index contributed by atoms with van der Waals surface area (Å²) in [5, 5.41) is 2.37. The first-order chi connectivity index (χ1) is 23.8. The third kappa shape index (κ3) is 4.12. The van der Waals surface area contributed by atoms with Gasteiger partial charge in [0.15, 0.2) is 0 Å². The van der Waals surface area contributed by atoms with Crippen LogP contribution in [-0.2, 0) is 6.42 Å². The number of fused-ring (bicyclic) bond motifs is 9. The van der Waals surface area contributed by atoms with E-state index in [1.807, 2.05) is 12.4 Å². The van der Waals surface area contributed by atoms with Crippen molar-refractivity contribution in [1.29, 1.82) is 0 Å². The molecule has 3 nitrogen and oxygen atoms in total. The third-order valence-corrected chi connectivity index (χ3v) is 10.5. The highest BCUT2D eigenvalue weighted by atomic mass is 16.5. The molecule has 0 N–H and O–H groups in total. The Hall–Kier alpha value is -5.87. The van der Waals surface area contributed by atoms with Crippen LogP contribution in [0, 0.1) is 0 Å². The molecule has 10 rings (SSSR count). The second-order valence-corrected chi connectivity index (χ2v) is 13.0. The summed E-state index contributed by atoms with van der Waals surface area (Å²) in [4.78, 5) is 4.60. The first kappa shape index (κ1) is 27.3. The highest BCUT2D eigenvalue weighted by molar-refractivity contribution is 6.96. The molecule has 8 aromatic rings. The number of ether oxygens (including phenoxy) is 1. The summed E-state index contributed by atoms with van der Waals surface area (Å²) in [7, 11) is 0. The average Bonchev–Trinajstić information content (AvgIpc) is 3.39. The lowest BCUT2D eigenvalue weighted by molar-refractivity contribution is 0.487. The molecule has 2 aliphatic rings. The smallest absolute Gasteiger partial charge is 0.250 e. The molecule has 1 unspecified atom stereocenters. The predicted molar refractivity (Wildman–Crippen MR) is 198 cm³/mol. The van der Waals surface area contributed by atoms with E-state index in [0.29, 0.717) is 5.92 Å². The van der Waals surface area contributed by atoms with Crippen molar-refractivity contribution in [2.75, 3.05) is 0 Å². The van der Waals surface area contributed by atoms with Crippen LogP contribution in [0.15, 0.2) is 158 Å². The van der Waals surface area contributed by atoms with Gasteiger partial charge in [-0.2, -0.15) is 0 Å². The molecule has 1 atom stereocenters. The summed E-state index contributed by atoms with van der Waals surface area (Å²) in [5.41, 5.74) is 13.9. The van der Waals surface area contributed by atoms with Gasteiger partial charge in [0.1, 0.15) is 11.5 Å². The van der Waals surface area contributed by atoms with Gasteiger partial charge >= 0.3 is 0 Å². The fourth-order valence-electron chi connectivity index (χ4n) is 8.38. The second-order valence-electron chi connectivity index (χ2n) is 13.0. The maximum absolute atomic E-state index is 6.72. The molecule has 0 spiro atoms. The molecule has 0 amide bonds. The van der Waals surface area contributed by atoms with Crippen LogP contribution in [0.4, 0.5) is 0 Å². The molecule has 0 saturated carbocycles. The van der Waals surface area contributed by atoms with Crippen molar-refractivity contribution >= 4 is 44.9 Å². The number of nitrogens with zero attached hydrogens (tertiary/aromatic N) is 2. The minimum atomic E-state index is 0.0978. The summed E-state index contributed by atoms with van der Waals surface area (Å²) in [5.74, 6) is 2.14. The minimum Gasteiger partial charge on any atom is -0.458 e. The van der Waals surface area contributed by atoms with E-state index in [2.05, 4.69) is 155 Å². The Morgan fingerprint density at radius 3 is 2.33 bits per heavy atom. The summed E-state index contributed by atoms with van der Waals surface area (Å²) in [6.45, 7) is 0.0978. The van der Waals surface area contributed by atoms with E-state index in [1.54, 1.807) is 0 Å². The van der Waals surface area contributed by atoms with Gasteiger partial charge in [-0.05, 0) is 64.2 Å². The maximum atomic E-state index is 6.72. The standard InChI is InChI=1S/C44H31BN2O/c1-3-11-29(12-4-1)33-22-19-30-20-23-36-37-28-46-26-25-40(37)47(44(36)43(30)35-16-8-7-15-34(33)35)32-21-24-39-42(27-32)48-41-18-10-9-17-38(41)45(39)31-13-5-2-6-14-31/h1-18,20-21,23-28,33H,19,22H2. The van der Waals surface area contributed by atoms with E-state index >= 15 is 0 Å².